The molecule has 0 saturated carbocycles. The molecule has 0 aliphatic heterocycles. The maximum Gasteiger partial charge on any atom is 0.166 e. The lowest BCUT2D eigenvalue weighted by molar-refractivity contribution is 0.0957. The third kappa shape index (κ3) is 1.45. The summed E-state index contributed by atoms with van der Waals surface area (Å²) in [5.74, 6) is -0.0243. The van der Waals surface area contributed by atoms with Crippen LogP contribution in [0.2, 0.25) is 0 Å². The normalized spacial score (nSPS) is 9.70. The molecule has 3 heteroatoms. The van der Waals surface area contributed by atoms with Crippen molar-refractivity contribution in [2.45, 2.75) is 6.42 Å². The van der Waals surface area contributed by atoms with Gasteiger partial charge in [0.2, 0.25) is 0 Å². The Hall–Kier alpha value is -1.09. The fraction of sp³-hybridized carbons (Fsp3) is 0.286. The van der Waals surface area contributed by atoms with Gasteiger partial charge in [0.15, 0.2) is 5.78 Å². The molecule has 0 saturated heterocycles. The number of carbonyl (C=O) groups excluding carboxylic acids is 1. The van der Waals surface area contributed by atoms with Gasteiger partial charge in [-0.1, -0.05) is 0 Å². The van der Waals surface area contributed by atoms with Gasteiger partial charge in [0.25, 0.3) is 0 Å². The molecule has 3 nitrogen and oxygen atoms in total. The molecule has 0 radical (unpaired) electrons. The minimum Gasteiger partial charge on any atom is -0.396 e. The van der Waals surface area contributed by atoms with Crippen LogP contribution in [0.25, 0.3) is 0 Å². The number of aliphatic hydroxyl groups excluding tert-OH is 1. The van der Waals surface area contributed by atoms with Crippen LogP contribution in [0.1, 0.15) is 16.8 Å². The summed E-state index contributed by atoms with van der Waals surface area (Å²) >= 11 is 0. The number of ketones is 1. The van der Waals surface area contributed by atoms with Crippen LogP contribution < -0.4 is 0 Å². The molecule has 0 aliphatic carbocycles. The largest absolute Gasteiger partial charge is 0.396 e. The Kier molecular flexibility index (Phi) is 2.23. The molecule has 1 heterocycles. The van der Waals surface area contributed by atoms with Gasteiger partial charge < -0.3 is 10.1 Å². The molecule has 1 rings (SSSR count). The highest BCUT2D eigenvalue weighted by molar-refractivity contribution is 5.95. The first kappa shape index (κ1) is 7.02. The number of carbonyl (C=O) groups is 1. The second-order valence-electron chi connectivity index (χ2n) is 2.00. The van der Waals surface area contributed by atoms with E-state index in [2.05, 4.69) is 4.98 Å². The predicted octanol–water partition coefficient (Wildman–Crippen LogP) is 0.580. The van der Waals surface area contributed by atoms with E-state index in [4.69, 9.17) is 5.11 Å². The third-order valence-corrected chi connectivity index (χ3v) is 1.26. The molecule has 54 valence electrons. The van der Waals surface area contributed by atoms with E-state index in [1.807, 2.05) is 0 Å². The number of aromatic nitrogens is 1. The second kappa shape index (κ2) is 3.17. The monoisotopic (exact) mass is 139 g/mol. The van der Waals surface area contributed by atoms with Gasteiger partial charge in [0, 0.05) is 24.4 Å². The Labute approximate surface area is 58.7 Å². The number of aromatic amines is 1. The number of rotatable bonds is 3. The van der Waals surface area contributed by atoms with Crippen LogP contribution >= 0.6 is 0 Å². The maximum absolute atomic E-state index is 10.9. The number of hydrogen-bond donors (Lipinski definition) is 2. The summed E-state index contributed by atoms with van der Waals surface area (Å²) in [5.41, 5.74) is 0.633. The van der Waals surface area contributed by atoms with E-state index in [0.29, 0.717) is 5.56 Å². The maximum atomic E-state index is 10.9. The van der Waals surface area contributed by atoms with E-state index in [-0.39, 0.29) is 18.8 Å². The zero-order chi connectivity index (χ0) is 7.40. The summed E-state index contributed by atoms with van der Waals surface area (Å²) in [6.45, 7) is -0.0794. The van der Waals surface area contributed by atoms with Gasteiger partial charge in [-0.05, 0) is 6.07 Å². The zero-order valence-corrected chi connectivity index (χ0v) is 5.50. The molecule has 0 atom stereocenters. The van der Waals surface area contributed by atoms with E-state index in [0.717, 1.165) is 0 Å². The number of aliphatic hydroxyl groups is 1. The Morgan fingerprint density at radius 3 is 3.00 bits per heavy atom. The third-order valence-electron chi connectivity index (χ3n) is 1.26. The average Bonchev–Trinajstić information content (AvgIpc) is 2.38. The van der Waals surface area contributed by atoms with Gasteiger partial charge in [-0.3, -0.25) is 4.79 Å². The fourth-order valence-electron chi connectivity index (χ4n) is 0.743. The highest BCUT2D eigenvalue weighted by Crippen LogP contribution is 1.99. The van der Waals surface area contributed by atoms with E-state index in [1.165, 1.54) is 0 Å². The number of H-pyrrole nitrogens is 1. The van der Waals surface area contributed by atoms with Crippen molar-refractivity contribution >= 4 is 5.78 Å². The summed E-state index contributed by atoms with van der Waals surface area (Å²) < 4.78 is 0. The Morgan fingerprint density at radius 1 is 1.70 bits per heavy atom. The molecule has 0 spiro atoms. The average molecular weight is 139 g/mol. The summed E-state index contributed by atoms with van der Waals surface area (Å²) in [5, 5.41) is 8.40. The van der Waals surface area contributed by atoms with Crippen LogP contribution in [0.4, 0.5) is 0 Å². The first-order valence-electron chi connectivity index (χ1n) is 3.11. The van der Waals surface area contributed by atoms with Gasteiger partial charge in [-0.2, -0.15) is 0 Å². The minimum absolute atomic E-state index is 0.0243. The van der Waals surface area contributed by atoms with Gasteiger partial charge in [-0.15, -0.1) is 0 Å². The molecule has 0 aromatic carbocycles. The first-order chi connectivity index (χ1) is 4.84. The van der Waals surface area contributed by atoms with E-state index < -0.39 is 0 Å². The highest BCUT2D eigenvalue weighted by atomic mass is 16.3. The fourth-order valence-corrected chi connectivity index (χ4v) is 0.743. The number of Topliss-reactive ketones (excluding diaryl/α,β-unsaturated/α-hetero) is 1. The smallest absolute Gasteiger partial charge is 0.166 e. The van der Waals surface area contributed by atoms with Crippen LogP contribution in [0.3, 0.4) is 0 Å². The van der Waals surface area contributed by atoms with Crippen molar-refractivity contribution in [3.05, 3.63) is 24.0 Å². The molecule has 0 fully saturated rings. The lowest BCUT2D eigenvalue weighted by atomic mass is 10.2. The van der Waals surface area contributed by atoms with Crippen molar-refractivity contribution in [2.24, 2.45) is 0 Å². The number of nitrogens with one attached hydrogen (secondary N) is 1. The van der Waals surface area contributed by atoms with Gasteiger partial charge in [0.1, 0.15) is 0 Å². The molecule has 0 unspecified atom stereocenters. The van der Waals surface area contributed by atoms with Crippen molar-refractivity contribution in [3.8, 4) is 0 Å². The minimum atomic E-state index is -0.0794. The molecule has 10 heavy (non-hydrogen) atoms. The van der Waals surface area contributed by atoms with Crippen LogP contribution in [-0.2, 0) is 0 Å². The van der Waals surface area contributed by atoms with Crippen LogP contribution in [0.15, 0.2) is 18.5 Å². The molecule has 1 aromatic rings. The standard InChI is InChI=1S/C7H9NO2/c9-4-2-7(10)6-1-3-8-5-6/h1,3,5,8-9H,2,4H2. The molecule has 1 aromatic heterocycles. The molecule has 0 bridgehead atoms. The molecule has 2 N–H and O–H groups in total. The topological polar surface area (TPSA) is 53.1 Å². The van der Waals surface area contributed by atoms with Crippen molar-refractivity contribution in [2.75, 3.05) is 6.61 Å². The number of hydrogen-bond acceptors (Lipinski definition) is 2. The van der Waals surface area contributed by atoms with Crippen LogP contribution in [-0.4, -0.2) is 22.5 Å². The Balaban J connectivity index is 2.59. The molecule has 0 aliphatic rings. The Bertz CT molecular complexity index is 203. The van der Waals surface area contributed by atoms with E-state index >= 15 is 0 Å². The van der Waals surface area contributed by atoms with E-state index in [9.17, 15) is 4.79 Å². The van der Waals surface area contributed by atoms with Gasteiger partial charge >= 0.3 is 0 Å². The van der Waals surface area contributed by atoms with Gasteiger partial charge in [-0.25, -0.2) is 0 Å². The van der Waals surface area contributed by atoms with Gasteiger partial charge in [0.05, 0.1) is 6.61 Å². The lowest BCUT2D eigenvalue weighted by Gasteiger charge is -1.90. The Morgan fingerprint density at radius 2 is 2.50 bits per heavy atom. The summed E-state index contributed by atoms with van der Waals surface area (Å²) in [7, 11) is 0. The predicted molar refractivity (Wildman–Crippen MR) is 36.8 cm³/mol. The van der Waals surface area contributed by atoms with Crippen molar-refractivity contribution in [1.29, 1.82) is 0 Å². The first-order valence-corrected chi connectivity index (χ1v) is 3.11. The van der Waals surface area contributed by atoms with Crippen molar-refractivity contribution < 1.29 is 9.90 Å². The second-order valence-corrected chi connectivity index (χ2v) is 2.00. The lowest BCUT2D eigenvalue weighted by Crippen LogP contribution is -1.99. The van der Waals surface area contributed by atoms with Crippen molar-refractivity contribution in [1.82, 2.24) is 4.98 Å². The van der Waals surface area contributed by atoms with Crippen LogP contribution in [0, 0.1) is 0 Å². The molecular weight excluding hydrogens is 130 g/mol. The highest BCUT2D eigenvalue weighted by Gasteiger charge is 2.02. The van der Waals surface area contributed by atoms with Crippen molar-refractivity contribution in [3.63, 3.8) is 0 Å². The molecular formula is C7H9NO2. The summed E-state index contributed by atoms with van der Waals surface area (Å²) in [4.78, 5) is 13.7. The summed E-state index contributed by atoms with van der Waals surface area (Å²) in [6.07, 6.45) is 3.51. The van der Waals surface area contributed by atoms with Crippen LogP contribution in [0.5, 0.6) is 0 Å². The molecule has 0 amide bonds. The SMILES string of the molecule is O=C(CCO)c1cc[nH]c1. The quantitative estimate of drug-likeness (QED) is 0.602. The zero-order valence-electron chi connectivity index (χ0n) is 5.50. The van der Waals surface area contributed by atoms with E-state index in [1.54, 1.807) is 18.5 Å². The summed E-state index contributed by atoms with van der Waals surface area (Å²) in [6, 6.07) is 1.69.